The van der Waals surface area contributed by atoms with Crippen LogP contribution in [0.25, 0.3) is 0 Å². The Morgan fingerprint density at radius 3 is 2.62 bits per heavy atom. The molecule has 0 aliphatic carbocycles. The van der Waals surface area contributed by atoms with Crippen LogP contribution in [-0.2, 0) is 14.9 Å². The van der Waals surface area contributed by atoms with Crippen molar-refractivity contribution in [3.63, 3.8) is 0 Å². The lowest BCUT2D eigenvalue weighted by atomic mass is 9.85. The van der Waals surface area contributed by atoms with Crippen molar-refractivity contribution in [1.82, 2.24) is 0 Å². The Kier molecular flexibility index (Phi) is 4.08. The summed E-state index contributed by atoms with van der Waals surface area (Å²) in [4.78, 5) is 11.7. The molecule has 1 aromatic rings. The SMILES string of the molecule is CCOC(=O)C(C)(C)c1ccc(Br)c(F)c1. The predicted molar refractivity (Wildman–Crippen MR) is 63.8 cm³/mol. The zero-order chi connectivity index (χ0) is 12.3. The quantitative estimate of drug-likeness (QED) is 0.797. The molecule has 1 aromatic carbocycles. The number of carbonyl (C=O) groups is 1. The molecule has 0 atom stereocenters. The summed E-state index contributed by atoms with van der Waals surface area (Å²) >= 11 is 3.07. The number of benzene rings is 1. The van der Waals surface area contributed by atoms with Gasteiger partial charge in [-0.15, -0.1) is 0 Å². The maximum Gasteiger partial charge on any atom is 0.315 e. The molecule has 0 unspecified atom stereocenters. The fourth-order valence-electron chi connectivity index (χ4n) is 1.31. The minimum Gasteiger partial charge on any atom is -0.465 e. The molecular weight excluding hydrogens is 275 g/mol. The minimum atomic E-state index is -0.836. The van der Waals surface area contributed by atoms with E-state index >= 15 is 0 Å². The second-order valence-electron chi connectivity index (χ2n) is 3.97. The number of hydrogen-bond donors (Lipinski definition) is 0. The number of rotatable bonds is 3. The van der Waals surface area contributed by atoms with Crippen LogP contribution in [0, 0.1) is 5.82 Å². The lowest BCUT2D eigenvalue weighted by Crippen LogP contribution is -2.31. The monoisotopic (exact) mass is 288 g/mol. The highest BCUT2D eigenvalue weighted by Gasteiger charge is 2.31. The van der Waals surface area contributed by atoms with Gasteiger partial charge in [-0.3, -0.25) is 4.79 Å². The Hall–Kier alpha value is -0.900. The van der Waals surface area contributed by atoms with Crippen LogP contribution < -0.4 is 0 Å². The molecule has 0 saturated heterocycles. The van der Waals surface area contributed by atoms with Gasteiger partial charge < -0.3 is 4.74 Å². The lowest BCUT2D eigenvalue weighted by molar-refractivity contribution is -0.148. The van der Waals surface area contributed by atoms with Gasteiger partial charge in [-0.2, -0.15) is 0 Å². The Balaban J connectivity index is 3.06. The fourth-order valence-corrected chi connectivity index (χ4v) is 1.56. The predicted octanol–water partition coefficient (Wildman–Crippen LogP) is 3.43. The van der Waals surface area contributed by atoms with E-state index in [4.69, 9.17) is 4.74 Å². The summed E-state index contributed by atoms with van der Waals surface area (Å²) in [5, 5.41) is 0. The van der Waals surface area contributed by atoms with Crippen LogP contribution in [0.3, 0.4) is 0 Å². The second-order valence-corrected chi connectivity index (χ2v) is 4.83. The average molecular weight is 289 g/mol. The molecule has 0 spiro atoms. The van der Waals surface area contributed by atoms with Gasteiger partial charge in [-0.1, -0.05) is 6.07 Å². The summed E-state index contributed by atoms with van der Waals surface area (Å²) in [6.45, 7) is 5.50. The number of halogens is 2. The first kappa shape index (κ1) is 13.2. The molecule has 0 fully saturated rings. The average Bonchev–Trinajstić information content (AvgIpc) is 2.22. The molecule has 0 aliphatic heterocycles. The lowest BCUT2D eigenvalue weighted by Gasteiger charge is -2.22. The maximum absolute atomic E-state index is 13.4. The molecule has 0 radical (unpaired) electrons. The largest absolute Gasteiger partial charge is 0.465 e. The van der Waals surface area contributed by atoms with Gasteiger partial charge in [0.25, 0.3) is 0 Å². The van der Waals surface area contributed by atoms with E-state index in [1.54, 1.807) is 32.9 Å². The minimum absolute atomic E-state index is 0.321. The topological polar surface area (TPSA) is 26.3 Å². The standard InChI is InChI=1S/C12H14BrFO2/c1-4-16-11(15)12(2,3)8-5-6-9(13)10(14)7-8/h5-7H,4H2,1-3H3. The van der Waals surface area contributed by atoms with Crippen molar-refractivity contribution >= 4 is 21.9 Å². The first-order chi connectivity index (χ1) is 7.39. The van der Waals surface area contributed by atoms with Gasteiger partial charge in [-0.25, -0.2) is 4.39 Å². The summed E-state index contributed by atoms with van der Waals surface area (Å²) < 4.78 is 18.7. The maximum atomic E-state index is 13.4. The smallest absolute Gasteiger partial charge is 0.315 e. The van der Waals surface area contributed by atoms with E-state index < -0.39 is 5.41 Å². The van der Waals surface area contributed by atoms with Crippen molar-refractivity contribution in [2.24, 2.45) is 0 Å². The summed E-state index contributed by atoms with van der Waals surface area (Å²) in [5.74, 6) is -0.730. The molecule has 0 N–H and O–H groups in total. The van der Waals surface area contributed by atoms with Gasteiger partial charge in [-0.05, 0) is 54.4 Å². The van der Waals surface area contributed by atoms with Crippen molar-refractivity contribution in [3.8, 4) is 0 Å². The summed E-state index contributed by atoms with van der Waals surface area (Å²) in [7, 11) is 0. The van der Waals surface area contributed by atoms with Crippen LogP contribution >= 0.6 is 15.9 Å². The van der Waals surface area contributed by atoms with Gasteiger partial charge in [0.1, 0.15) is 5.82 Å². The summed E-state index contributed by atoms with van der Waals surface area (Å²) in [6, 6.07) is 4.65. The van der Waals surface area contributed by atoms with Gasteiger partial charge in [0, 0.05) is 0 Å². The number of carbonyl (C=O) groups excluding carboxylic acids is 1. The molecule has 0 heterocycles. The van der Waals surface area contributed by atoms with E-state index in [0.717, 1.165) is 0 Å². The second kappa shape index (κ2) is 4.95. The highest BCUT2D eigenvalue weighted by molar-refractivity contribution is 9.10. The third-order valence-electron chi connectivity index (χ3n) is 2.43. The fraction of sp³-hybridized carbons (Fsp3) is 0.417. The van der Waals surface area contributed by atoms with Crippen LogP contribution in [-0.4, -0.2) is 12.6 Å². The van der Waals surface area contributed by atoms with Crippen LogP contribution in [0.1, 0.15) is 26.3 Å². The molecular formula is C12H14BrFO2. The summed E-state index contributed by atoms with van der Waals surface area (Å²) in [6.07, 6.45) is 0. The molecule has 16 heavy (non-hydrogen) atoms. The van der Waals surface area contributed by atoms with E-state index in [9.17, 15) is 9.18 Å². The molecule has 0 saturated carbocycles. The van der Waals surface area contributed by atoms with Gasteiger partial charge in [0.15, 0.2) is 0 Å². The molecule has 4 heteroatoms. The summed E-state index contributed by atoms with van der Waals surface area (Å²) in [5.41, 5.74) is -0.232. The Labute approximate surface area is 103 Å². The molecule has 0 aliphatic rings. The van der Waals surface area contributed by atoms with Crippen molar-refractivity contribution in [1.29, 1.82) is 0 Å². The van der Waals surface area contributed by atoms with Crippen LogP contribution in [0.2, 0.25) is 0 Å². The Bertz CT molecular complexity index is 402. The van der Waals surface area contributed by atoms with E-state index in [0.29, 0.717) is 16.6 Å². The molecule has 2 nitrogen and oxygen atoms in total. The third kappa shape index (κ3) is 2.61. The van der Waals surface area contributed by atoms with Crippen LogP contribution in [0.15, 0.2) is 22.7 Å². The van der Waals surface area contributed by atoms with E-state index in [2.05, 4.69) is 15.9 Å². The van der Waals surface area contributed by atoms with E-state index in [1.807, 2.05) is 0 Å². The van der Waals surface area contributed by atoms with Crippen molar-refractivity contribution in [2.75, 3.05) is 6.61 Å². The first-order valence-electron chi connectivity index (χ1n) is 5.02. The number of esters is 1. The normalized spacial score (nSPS) is 11.3. The van der Waals surface area contributed by atoms with Crippen LogP contribution in [0.4, 0.5) is 4.39 Å². The van der Waals surface area contributed by atoms with Gasteiger partial charge in [0.05, 0.1) is 16.5 Å². The molecule has 88 valence electrons. The van der Waals surface area contributed by atoms with E-state index in [1.165, 1.54) is 6.07 Å². The van der Waals surface area contributed by atoms with Crippen LogP contribution in [0.5, 0.6) is 0 Å². The Morgan fingerprint density at radius 1 is 1.50 bits per heavy atom. The Morgan fingerprint density at radius 2 is 2.12 bits per heavy atom. The number of ether oxygens (including phenoxy) is 1. The number of hydrogen-bond acceptors (Lipinski definition) is 2. The first-order valence-corrected chi connectivity index (χ1v) is 5.81. The zero-order valence-electron chi connectivity index (χ0n) is 9.51. The van der Waals surface area contributed by atoms with E-state index in [-0.39, 0.29) is 11.8 Å². The highest BCUT2D eigenvalue weighted by Crippen LogP contribution is 2.27. The zero-order valence-corrected chi connectivity index (χ0v) is 11.1. The molecule has 1 rings (SSSR count). The third-order valence-corrected chi connectivity index (χ3v) is 3.07. The molecule has 0 aromatic heterocycles. The van der Waals surface area contributed by atoms with Crippen molar-refractivity contribution < 1.29 is 13.9 Å². The van der Waals surface area contributed by atoms with Crippen molar-refractivity contribution in [3.05, 3.63) is 34.1 Å². The highest BCUT2D eigenvalue weighted by atomic mass is 79.9. The van der Waals surface area contributed by atoms with Crippen molar-refractivity contribution in [2.45, 2.75) is 26.2 Å². The molecule has 0 amide bonds. The molecule has 0 bridgehead atoms. The van der Waals surface area contributed by atoms with Gasteiger partial charge in [0.2, 0.25) is 0 Å². The van der Waals surface area contributed by atoms with Gasteiger partial charge >= 0.3 is 5.97 Å².